The first-order valence-corrected chi connectivity index (χ1v) is 7.53. The lowest BCUT2D eigenvalue weighted by Gasteiger charge is -2.38. The highest BCUT2D eigenvalue weighted by molar-refractivity contribution is 5.73. The lowest BCUT2D eigenvalue weighted by molar-refractivity contribution is 0.167. The van der Waals surface area contributed by atoms with Crippen molar-refractivity contribution >= 4 is 11.4 Å². The molecule has 1 aromatic rings. The van der Waals surface area contributed by atoms with Crippen molar-refractivity contribution in [3.8, 4) is 0 Å². The standard InChI is InChI=1S/C16H27N3O/c1-4-9-17-14(13-20-3)12-19-11-10-18(2)15-7-5-6-8-16(15)19/h5-8,14,17H,4,9-13H2,1-3H3. The summed E-state index contributed by atoms with van der Waals surface area (Å²) in [6, 6.07) is 9.04. The molecule has 20 heavy (non-hydrogen) atoms. The Morgan fingerprint density at radius 2 is 2.00 bits per heavy atom. The molecule has 1 unspecified atom stereocenters. The van der Waals surface area contributed by atoms with Gasteiger partial charge in [-0.25, -0.2) is 0 Å². The number of methoxy groups -OCH3 is 1. The van der Waals surface area contributed by atoms with Gasteiger partial charge in [-0.05, 0) is 25.1 Å². The van der Waals surface area contributed by atoms with Crippen molar-refractivity contribution in [2.75, 3.05) is 56.7 Å². The van der Waals surface area contributed by atoms with Gasteiger partial charge in [-0.15, -0.1) is 0 Å². The number of rotatable bonds is 7. The van der Waals surface area contributed by atoms with Gasteiger partial charge >= 0.3 is 0 Å². The molecule has 0 aliphatic carbocycles. The highest BCUT2D eigenvalue weighted by Crippen LogP contribution is 2.31. The molecule has 0 bridgehead atoms. The predicted octanol–water partition coefficient (Wildman–Crippen LogP) is 1.96. The Morgan fingerprint density at radius 1 is 1.25 bits per heavy atom. The molecule has 1 atom stereocenters. The van der Waals surface area contributed by atoms with E-state index in [1.165, 1.54) is 11.4 Å². The maximum Gasteiger partial charge on any atom is 0.0633 e. The predicted molar refractivity (Wildman–Crippen MR) is 85.9 cm³/mol. The van der Waals surface area contributed by atoms with E-state index in [4.69, 9.17) is 4.74 Å². The van der Waals surface area contributed by atoms with Crippen LogP contribution in [0.25, 0.3) is 0 Å². The minimum Gasteiger partial charge on any atom is -0.383 e. The van der Waals surface area contributed by atoms with Gasteiger partial charge in [-0.2, -0.15) is 0 Å². The summed E-state index contributed by atoms with van der Waals surface area (Å²) in [6.45, 7) is 7.14. The Balaban J connectivity index is 2.06. The third kappa shape index (κ3) is 3.64. The summed E-state index contributed by atoms with van der Waals surface area (Å²) in [6.07, 6.45) is 1.15. The molecule has 4 heteroatoms. The first-order chi connectivity index (χ1) is 9.76. The Kier molecular flexibility index (Phi) is 5.68. The van der Waals surface area contributed by atoms with Crippen LogP contribution in [0.3, 0.4) is 0 Å². The fourth-order valence-corrected chi connectivity index (χ4v) is 2.75. The van der Waals surface area contributed by atoms with Gasteiger partial charge in [0, 0.05) is 39.8 Å². The van der Waals surface area contributed by atoms with Gasteiger partial charge in [0.2, 0.25) is 0 Å². The molecule has 112 valence electrons. The van der Waals surface area contributed by atoms with Crippen LogP contribution in [0.1, 0.15) is 13.3 Å². The second-order valence-corrected chi connectivity index (χ2v) is 5.46. The molecular formula is C16H27N3O. The van der Waals surface area contributed by atoms with Crippen LogP contribution in [0.5, 0.6) is 0 Å². The molecule has 0 fully saturated rings. The van der Waals surface area contributed by atoms with Gasteiger partial charge in [-0.3, -0.25) is 0 Å². The largest absolute Gasteiger partial charge is 0.383 e. The zero-order chi connectivity index (χ0) is 14.4. The maximum absolute atomic E-state index is 5.35. The van der Waals surface area contributed by atoms with Crippen molar-refractivity contribution in [2.45, 2.75) is 19.4 Å². The lowest BCUT2D eigenvalue weighted by atomic mass is 10.1. The van der Waals surface area contributed by atoms with Gasteiger partial charge in [0.05, 0.1) is 18.0 Å². The summed E-state index contributed by atoms with van der Waals surface area (Å²) < 4.78 is 5.35. The summed E-state index contributed by atoms with van der Waals surface area (Å²) in [4.78, 5) is 4.80. The smallest absolute Gasteiger partial charge is 0.0633 e. The van der Waals surface area contributed by atoms with Crippen LogP contribution in [0.4, 0.5) is 11.4 Å². The van der Waals surface area contributed by atoms with Crippen LogP contribution in [0.2, 0.25) is 0 Å². The number of para-hydroxylation sites is 2. The molecule has 0 spiro atoms. The summed E-state index contributed by atoms with van der Waals surface area (Å²) in [5.41, 5.74) is 2.66. The molecule has 0 saturated carbocycles. The van der Waals surface area contributed by atoms with E-state index >= 15 is 0 Å². The minimum atomic E-state index is 0.386. The second-order valence-electron chi connectivity index (χ2n) is 5.46. The minimum absolute atomic E-state index is 0.386. The van der Waals surface area contributed by atoms with Crippen LogP contribution in [0.15, 0.2) is 24.3 Å². The third-order valence-electron chi connectivity index (χ3n) is 3.83. The SMILES string of the molecule is CCCNC(COC)CN1CCN(C)c2ccccc21. The van der Waals surface area contributed by atoms with Gasteiger partial charge in [-0.1, -0.05) is 19.1 Å². The Bertz CT molecular complexity index is 410. The van der Waals surface area contributed by atoms with Crippen molar-refractivity contribution in [3.63, 3.8) is 0 Å². The lowest BCUT2D eigenvalue weighted by Crippen LogP contribution is -2.48. The third-order valence-corrected chi connectivity index (χ3v) is 3.83. The van der Waals surface area contributed by atoms with E-state index in [2.05, 4.69) is 53.4 Å². The molecule has 0 radical (unpaired) electrons. The quantitative estimate of drug-likeness (QED) is 0.824. The number of hydrogen-bond donors (Lipinski definition) is 1. The van der Waals surface area contributed by atoms with Gasteiger partial charge < -0.3 is 19.9 Å². The van der Waals surface area contributed by atoms with E-state index < -0.39 is 0 Å². The molecule has 0 amide bonds. The maximum atomic E-state index is 5.35. The topological polar surface area (TPSA) is 27.7 Å². The van der Waals surface area contributed by atoms with Gasteiger partial charge in [0.1, 0.15) is 0 Å². The molecule has 0 saturated heterocycles. The van der Waals surface area contributed by atoms with Crippen molar-refractivity contribution in [1.82, 2.24) is 5.32 Å². The van der Waals surface area contributed by atoms with E-state index in [-0.39, 0.29) is 0 Å². The van der Waals surface area contributed by atoms with Crippen molar-refractivity contribution in [2.24, 2.45) is 0 Å². The number of nitrogens with zero attached hydrogens (tertiary/aromatic N) is 2. The number of hydrogen-bond acceptors (Lipinski definition) is 4. The molecule has 1 aliphatic heterocycles. The molecule has 1 heterocycles. The number of likely N-dealkylation sites (N-methyl/N-ethyl adjacent to an activating group) is 1. The number of benzene rings is 1. The fraction of sp³-hybridized carbons (Fsp3) is 0.625. The average Bonchev–Trinajstić information content (AvgIpc) is 2.48. The normalized spacial score (nSPS) is 16.1. The number of ether oxygens (including phenoxy) is 1. The second kappa shape index (κ2) is 7.50. The van der Waals surface area contributed by atoms with Gasteiger partial charge in [0.15, 0.2) is 0 Å². The van der Waals surface area contributed by atoms with E-state index in [9.17, 15) is 0 Å². The Hall–Kier alpha value is -1.26. The molecule has 0 aromatic heterocycles. The van der Waals surface area contributed by atoms with Crippen LogP contribution in [-0.4, -0.2) is 53.0 Å². The zero-order valence-electron chi connectivity index (χ0n) is 12.9. The highest BCUT2D eigenvalue weighted by Gasteiger charge is 2.22. The van der Waals surface area contributed by atoms with Crippen LogP contribution in [0, 0.1) is 0 Å². The van der Waals surface area contributed by atoms with Crippen LogP contribution >= 0.6 is 0 Å². The number of anilines is 2. The molecule has 1 N–H and O–H groups in total. The van der Waals surface area contributed by atoms with Gasteiger partial charge in [0.25, 0.3) is 0 Å². The molecule has 2 rings (SSSR count). The van der Waals surface area contributed by atoms with Crippen molar-refractivity contribution in [1.29, 1.82) is 0 Å². The zero-order valence-corrected chi connectivity index (χ0v) is 12.9. The molecule has 1 aromatic carbocycles. The van der Waals surface area contributed by atoms with Crippen molar-refractivity contribution in [3.05, 3.63) is 24.3 Å². The monoisotopic (exact) mass is 277 g/mol. The first kappa shape index (κ1) is 15.1. The summed E-state index contributed by atoms with van der Waals surface area (Å²) in [5, 5.41) is 3.58. The summed E-state index contributed by atoms with van der Waals surface area (Å²) >= 11 is 0. The summed E-state index contributed by atoms with van der Waals surface area (Å²) in [7, 11) is 3.94. The number of nitrogens with one attached hydrogen (secondary N) is 1. The van der Waals surface area contributed by atoms with E-state index in [0.717, 1.165) is 39.2 Å². The molecule has 4 nitrogen and oxygen atoms in total. The number of fused-ring (bicyclic) bond motifs is 1. The Labute approximate surface area is 122 Å². The van der Waals surface area contributed by atoms with Crippen LogP contribution in [-0.2, 0) is 4.74 Å². The Morgan fingerprint density at radius 3 is 2.70 bits per heavy atom. The molecular weight excluding hydrogens is 250 g/mol. The van der Waals surface area contributed by atoms with E-state index in [1.54, 1.807) is 7.11 Å². The van der Waals surface area contributed by atoms with Crippen molar-refractivity contribution < 1.29 is 4.74 Å². The van der Waals surface area contributed by atoms with E-state index in [1.807, 2.05) is 0 Å². The fourth-order valence-electron chi connectivity index (χ4n) is 2.75. The molecule has 1 aliphatic rings. The summed E-state index contributed by atoms with van der Waals surface area (Å²) in [5.74, 6) is 0. The van der Waals surface area contributed by atoms with E-state index in [0.29, 0.717) is 6.04 Å². The van der Waals surface area contributed by atoms with Crippen LogP contribution < -0.4 is 15.1 Å². The highest BCUT2D eigenvalue weighted by atomic mass is 16.5. The average molecular weight is 277 g/mol. The first-order valence-electron chi connectivity index (χ1n) is 7.53.